The van der Waals surface area contributed by atoms with Crippen molar-refractivity contribution in [2.24, 2.45) is 0 Å². The van der Waals surface area contributed by atoms with E-state index < -0.39 is 0 Å². The molecule has 108 valence electrons. The Hall–Kier alpha value is -0.970. The Kier molecular flexibility index (Phi) is 7.63. The van der Waals surface area contributed by atoms with Gasteiger partial charge in [-0.3, -0.25) is 0 Å². The van der Waals surface area contributed by atoms with Gasteiger partial charge in [0.2, 0.25) is 0 Å². The maximum Gasteiger partial charge on any atom is 0.142 e. The van der Waals surface area contributed by atoms with Gasteiger partial charge < -0.3 is 20.1 Å². The van der Waals surface area contributed by atoms with Crippen molar-refractivity contribution in [2.45, 2.75) is 19.4 Å². The molecule has 0 radical (unpaired) electrons. The smallest absolute Gasteiger partial charge is 0.142 e. The second-order valence-corrected chi connectivity index (χ2v) is 4.42. The van der Waals surface area contributed by atoms with Crippen molar-refractivity contribution in [3.8, 4) is 5.75 Å². The van der Waals surface area contributed by atoms with Crippen LogP contribution in [0.1, 0.15) is 13.3 Å². The lowest BCUT2D eigenvalue weighted by Crippen LogP contribution is -2.42. The molecule has 0 spiro atoms. The van der Waals surface area contributed by atoms with Crippen LogP contribution in [0.15, 0.2) is 24.3 Å². The van der Waals surface area contributed by atoms with Gasteiger partial charge in [-0.05, 0) is 18.6 Å². The lowest BCUT2D eigenvalue weighted by molar-refractivity contribution is 0.0372. The zero-order chi connectivity index (χ0) is 12.6. The maximum atomic E-state index is 5.71. The summed E-state index contributed by atoms with van der Waals surface area (Å²) >= 11 is 0. The largest absolute Gasteiger partial charge is 0.491 e. The number of hydrogen-bond donors (Lipinski definition) is 2. The van der Waals surface area contributed by atoms with Crippen LogP contribution in [0.3, 0.4) is 0 Å². The number of benzene rings is 1. The van der Waals surface area contributed by atoms with Crippen molar-refractivity contribution in [1.82, 2.24) is 5.32 Å². The first-order valence-corrected chi connectivity index (χ1v) is 6.68. The second kappa shape index (κ2) is 9.02. The topological polar surface area (TPSA) is 42.5 Å². The predicted molar refractivity (Wildman–Crippen MR) is 80.6 cm³/mol. The Bertz CT molecular complexity index is 357. The fourth-order valence-electron chi connectivity index (χ4n) is 1.93. The summed E-state index contributed by atoms with van der Waals surface area (Å²) in [7, 11) is 0. The lowest BCUT2D eigenvalue weighted by atomic mass is 10.2. The number of hydrogen-bond acceptors (Lipinski definition) is 4. The third kappa shape index (κ3) is 5.27. The molecule has 1 heterocycles. The number of morpholine rings is 1. The van der Waals surface area contributed by atoms with Gasteiger partial charge in [0.1, 0.15) is 5.75 Å². The lowest BCUT2D eigenvalue weighted by Gasteiger charge is -2.24. The van der Waals surface area contributed by atoms with Gasteiger partial charge in [-0.15, -0.1) is 12.4 Å². The van der Waals surface area contributed by atoms with E-state index in [2.05, 4.69) is 17.6 Å². The molecule has 0 aromatic heterocycles. The standard InChI is InChI=1S/C14H22N2O2.ClH/c1-2-8-18-14-6-4-3-5-13(14)16-11-12-10-15-7-9-17-12;/h3-6,12,15-16H,2,7-11H2,1H3;1H/t12-;/m0./s1. The second-order valence-electron chi connectivity index (χ2n) is 4.42. The van der Waals surface area contributed by atoms with Gasteiger partial charge in [-0.25, -0.2) is 0 Å². The van der Waals surface area contributed by atoms with Gasteiger partial charge in [0.25, 0.3) is 0 Å². The molecule has 5 heteroatoms. The van der Waals surface area contributed by atoms with E-state index in [-0.39, 0.29) is 18.5 Å². The van der Waals surface area contributed by atoms with Crippen molar-refractivity contribution < 1.29 is 9.47 Å². The van der Waals surface area contributed by atoms with E-state index in [0.29, 0.717) is 0 Å². The molecule has 0 aliphatic carbocycles. The number of rotatable bonds is 6. The zero-order valence-corrected chi connectivity index (χ0v) is 12.2. The Morgan fingerprint density at radius 1 is 1.42 bits per heavy atom. The minimum Gasteiger partial charge on any atom is -0.491 e. The van der Waals surface area contributed by atoms with Gasteiger partial charge >= 0.3 is 0 Å². The summed E-state index contributed by atoms with van der Waals surface area (Å²) in [6, 6.07) is 8.05. The first-order valence-electron chi connectivity index (χ1n) is 6.68. The first-order chi connectivity index (χ1) is 8.90. The van der Waals surface area contributed by atoms with Crippen LogP contribution < -0.4 is 15.4 Å². The Morgan fingerprint density at radius 3 is 3.00 bits per heavy atom. The molecular formula is C14H23ClN2O2. The molecule has 1 aromatic carbocycles. The van der Waals surface area contributed by atoms with Crippen molar-refractivity contribution in [3.05, 3.63) is 24.3 Å². The summed E-state index contributed by atoms with van der Waals surface area (Å²) in [5, 5.41) is 6.73. The summed E-state index contributed by atoms with van der Waals surface area (Å²) in [5.74, 6) is 0.920. The van der Waals surface area contributed by atoms with Crippen LogP contribution in [-0.4, -0.2) is 39.0 Å². The Balaban J connectivity index is 0.00000180. The Labute approximate surface area is 121 Å². The fourth-order valence-corrected chi connectivity index (χ4v) is 1.93. The van der Waals surface area contributed by atoms with Crippen LogP contribution in [0.2, 0.25) is 0 Å². The summed E-state index contributed by atoms with van der Waals surface area (Å²) in [5.41, 5.74) is 1.04. The molecule has 1 saturated heterocycles. The van der Waals surface area contributed by atoms with E-state index >= 15 is 0 Å². The van der Waals surface area contributed by atoms with Crippen molar-refractivity contribution in [1.29, 1.82) is 0 Å². The molecule has 19 heavy (non-hydrogen) atoms. The quantitative estimate of drug-likeness (QED) is 0.842. The number of para-hydroxylation sites is 2. The average molecular weight is 287 g/mol. The van der Waals surface area contributed by atoms with E-state index in [9.17, 15) is 0 Å². The summed E-state index contributed by atoms with van der Waals surface area (Å²) < 4.78 is 11.4. The highest BCUT2D eigenvalue weighted by molar-refractivity contribution is 5.85. The van der Waals surface area contributed by atoms with Crippen LogP contribution >= 0.6 is 12.4 Å². The first kappa shape index (κ1) is 16.1. The molecule has 1 aliphatic heterocycles. The van der Waals surface area contributed by atoms with Gasteiger partial charge in [0.05, 0.1) is 25.0 Å². The molecule has 1 aliphatic rings. The fraction of sp³-hybridized carbons (Fsp3) is 0.571. The molecule has 0 bridgehead atoms. The molecule has 1 atom stereocenters. The van der Waals surface area contributed by atoms with E-state index in [4.69, 9.17) is 9.47 Å². The Morgan fingerprint density at radius 2 is 2.26 bits per heavy atom. The summed E-state index contributed by atoms with van der Waals surface area (Å²) in [6.07, 6.45) is 1.25. The minimum absolute atomic E-state index is 0. The highest BCUT2D eigenvalue weighted by atomic mass is 35.5. The minimum atomic E-state index is 0. The monoisotopic (exact) mass is 286 g/mol. The predicted octanol–water partition coefficient (Wildman–Crippen LogP) is 2.30. The molecule has 0 unspecified atom stereocenters. The number of halogens is 1. The van der Waals surface area contributed by atoms with Crippen LogP contribution in [-0.2, 0) is 4.74 Å². The molecule has 4 nitrogen and oxygen atoms in total. The van der Waals surface area contributed by atoms with Crippen LogP contribution in [0.5, 0.6) is 5.75 Å². The average Bonchev–Trinajstić information content (AvgIpc) is 2.45. The third-order valence-corrected chi connectivity index (χ3v) is 2.87. The van der Waals surface area contributed by atoms with Gasteiger partial charge in [0, 0.05) is 19.6 Å². The maximum absolute atomic E-state index is 5.71. The van der Waals surface area contributed by atoms with Crippen LogP contribution in [0.25, 0.3) is 0 Å². The number of nitrogens with one attached hydrogen (secondary N) is 2. The molecule has 0 saturated carbocycles. The van der Waals surface area contributed by atoms with Gasteiger partial charge in [-0.1, -0.05) is 19.1 Å². The van der Waals surface area contributed by atoms with E-state index in [1.807, 2.05) is 24.3 Å². The van der Waals surface area contributed by atoms with Gasteiger partial charge in [0.15, 0.2) is 0 Å². The number of ether oxygens (including phenoxy) is 2. The van der Waals surface area contributed by atoms with E-state index in [1.165, 1.54) is 0 Å². The zero-order valence-electron chi connectivity index (χ0n) is 11.4. The normalized spacial score (nSPS) is 18.5. The van der Waals surface area contributed by atoms with Crippen LogP contribution in [0.4, 0.5) is 5.69 Å². The third-order valence-electron chi connectivity index (χ3n) is 2.87. The van der Waals surface area contributed by atoms with E-state index in [1.54, 1.807) is 0 Å². The molecule has 0 amide bonds. The van der Waals surface area contributed by atoms with Gasteiger partial charge in [-0.2, -0.15) is 0 Å². The van der Waals surface area contributed by atoms with Crippen molar-refractivity contribution in [2.75, 3.05) is 38.2 Å². The number of anilines is 1. The van der Waals surface area contributed by atoms with Crippen molar-refractivity contribution >= 4 is 18.1 Å². The highest BCUT2D eigenvalue weighted by Gasteiger charge is 2.13. The summed E-state index contributed by atoms with van der Waals surface area (Å²) in [4.78, 5) is 0. The molecule has 1 fully saturated rings. The highest BCUT2D eigenvalue weighted by Crippen LogP contribution is 2.23. The SMILES string of the molecule is CCCOc1ccccc1NC[C@@H]1CNCCO1.Cl. The van der Waals surface area contributed by atoms with Crippen molar-refractivity contribution in [3.63, 3.8) is 0 Å². The van der Waals surface area contributed by atoms with E-state index in [0.717, 1.165) is 50.7 Å². The summed E-state index contributed by atoms with van der Waals surface area (Å²) in [6.45, 7) is 6.31. The van der Waals surface area contributed by atoms with Crippen LogP contribution in [0, 0.1) is 0 Å². The molecular weight excluding hydrogens is 264 g/mol. The molecule has 2 rings (SSSR count). The molecule has 2 N–H and O–H groups in total. The molecule has 1 aromatic rings.